The summed E-state index contributed by atoms with van der Waals surface area (Å²) in [5, 5.41) is 4.42. The predicted molar refractivity (Wildman–Crippen MR) is 81.4 cm³/mol. The molecule has 0 spiro atoms. The van der Waals surface area contributed by atoms with Crippen LogP contribution in [0, 0.1) is 12.8 Å². The summed E-state index contributed by atoms with van der Waals surface area (Å²) in [7, 11) is 3.65. The molecule has 1 amide bonds. The Hall–Kier alpha value is -2.11. The molecule has 0 unspecified atom stereocenters. The van der Waals surface area contributed by atoms with E-state index in [9.17, 15) is 4.79 Å². The molecule has 0 N–H and O–H groups in total. The standard InChI is InChI=1S/C15H21N5O/c1-11-10-13-14(16-6-9-20(13)17-11)19-7-4-12(5-8-19)15(21)18(2)3/h6,9-10,12H,4-5,7-8H2,1-3H3. The molecule has 3 rings (SSSR count). The lowest BCUT2D eigenvalue weighted by Gasteiger charge is -2.33. The number of hydrogen-bond acceptors (Lipinski definition) is 4. The molecule has 0 saturated carbocycles. The molecule has 0 radical (unpaired) electrons. The summed E-state index contributed by atoms with van der Waals surface area (Å²) in [6.07, 6.45) is 5.42. The van der Waals surface area contributed by atoms with E-state index in [0.717, 1.165) is 43.0 Å². The first kappa shape index (κ1) is 13.9. The quantitative estimate of drug-likeness (QED) is 0.836. The molecule has 112 valence electrons. The van der Waals surface area contributed by atoms with Gasteiger partial charge in [-0.15, -0.1) is 0 Å². The van der Waals surface area contributed by atoms with Gasteiger partial charge in [0.25, 0.3) is 0 Å². The summed E-state index contributed by atoms with van der Waals surface area (Å²) >= 11 is 0. The Balaban J connectivity index is 1.78. The Kier molecular flexibility index (Phi) is 3.53. The normalized spacial score (nSPS) is 16.4. The second kappa shape index (κ2) is 5.35. The highest BCUT2D eigenvalue weighted by molar-refractivity contribution is 5.79. The molecule has 2 aromatic heterocycles. The summed E-state index contributed by atoms with van der Waals surface area (Å²) in [4.78, 5) is 20.5. The molecular formula is C15H21N5O. The van der Waals surface area contributed by atoms with Gasteiger partial charge in [0.1, 0.15) is 5.52 Å². The molecule has 0 aromatic carbocycles. The number of amides is 1. The van der Waals surface area contributed by atoms with Crippen molar-refractivity contribution in [1.29, 1.82) is 0 Å². The smallest absolute Gasteiger partial charge is 0.225 e. The minimum absolute atomic E-state index is 0.141. The molecule has 2 aromatic rings. The molecule has 1 saturated heterocycles. The number of piperidine rings is 1. The van der Waals surface area contributed by atoms with E-state index in [-0.39, 0.29) is 11.8 Å². The summed E-state index contributed by atoms with van der Waals surface area (Å²) in [5.41, 5.74) is 2.02. The van der Waals surface area contributed by atoms with Crippen molar-refractivity contribution in [2.24, 2.45) is 5.92 Å². The van der Waals surface area contributed by atoms with Gasteiger partial charge in [0, 0.05) is 45.5 Å². The zero-order valence-electron chi connectivity index (χ0n) is 12.8. The van der Waals surface area contributed by atoms with Crippen molar-refractivity contribution in [3.05, 3.63) is 24.2 Å². The third kappa shape index (κ3) is 2.57. The van der Waals surface area contributed by atoms with Crippen LogP contribution >= 0.6 is 0 Å². The average Bonchev–Trinajstić information content (AvgIpc) is 2.86. The van der Waals surface area contributed by atoms with Crippen molar-refractivity contribution >= 4 is 17.2 Å². The number of aryl methyl sites for hydroxylation is 1. The van der Waals surface area contributed by atoms with Crippen molar-refractivity contribution in [2.75, 3.05) is 32.1 Å². The van der Waals surface area contributed by atoms with Crippen LogP contribution in [0.15, 0.2) is 18.5 Å². The van der Waals surface area contributed by atoms with Gasteiger partial charge in [-0.25, -0.2) is 9.50 Å². The molecule has 1 aliphatic heterocycles. The Morgan fingerprint density at radius 2 is 2.05 bits per heavy atom. The first-order valence-corrected chi connectivity index (χ1v) is 7.33. The van der Waals surface area contributed by atoms with E-state index in [1.165, 1.54) is 0 Å². The third-order valence-electron chi connectivity index (χ3n) is 4.08. The first-order chi connectivity index (χ1) is 10.1. The fraction of sp³-hybridized carbons (Fsp3) is 0.533. The van der Waals surface area contributed by atoms with Crippen LogP contribution in [0.2, 0.25) is 0 Å². The Bertz CT molecular complexity index is 655. The lowest BCUT2D eigenvalue weighted by molar-refractivity contribution is -0.133. The Morgan fingerprint density at radius 1 is 1.33 bits per heavy atom. The summed E-state index contributed by atoms with van der Waals surface area (Å²) in [5.74, 6) is 1.34. The van der Waals surface area contributed by atoms with Gasteiger partial charge in [-0.1, -0.05) is 0 Å². The highest BCUT2D eigenvalue weighted by atomic mass is 16.2. The summed E-state index contributed by atoms with van der Waals surface area (Å²) in [6.45, 7) is 3.71. The fourth-order valence-corrected chi connectivity index (χ4v) is 2.98. The second-order valence-electron chi connectivity index (χ2n) is 5.86. The molecular weight excluding hydrogens is 266 g/mol. The zero-order chi connectivity index (χ0) is 15.0. The van der Waals surface area contributed by atoms with Crippen molar-refractivity contribution in [3.8, 4) is 0 Å². The highest BCUT2D eigenvalue weighted by Gasteiger charge is 2.27. The number of hydrogen-bond donors (Lipinski definition) is 0. The summed E-state index contributed by atoms with van der Waals surface area (Å²) < 4.78 is 1.87. The van der Waals surface area contributed by atoms with Gasteiger partial charge in [-0.2, -0.15) is 5.10 Å². The van der Waals surface area contributed by atoms with Gasteiger partial charge in [0.05, 0.1) is 5.69 Å². The van der Waals surface area contributed by atoms with Gasteiger partial charge >= 0.3 is 0 Å². The van der Waals surface area contributed by atoms with Crippen LogP contribution in [0.1, 0.15) is 18.5 Å². The fourth-order valence-electron chi connectivity index (χ4n) is 2.98. The minimum atomic E-state index is 0.141. The minimum Gasteiger partial charge on any atom is -0.355 e. The van der Waals surface area contributed by atoms with E-state index >= 15 is 0 Å². The molecule has 0 atom stereocenters. The number of fused-ring (bicyclic) bond motifs is 1. The molecule has 21 heavy (non-hydrogen) atoms. The van der Waals surface area contributed by atoms with Gasteiger partial charge in [-0.3, -0.25) is 4.79 Å². The zero-order valence-corrected chi connectivity index (χ0v) is 12.8. The molecule has 6 heteroatoms. The number of aromatic nitrogens is 3. The first-order valence-electron chi connectivity index (χ1n) is 7.33. The maximum atomic E-state index is 12.0. The predicted octanol–water partition coefficient (Wildman–Crippen LogP) is 1.34. The topological polar surface area (TPSA) is 53.7 Å². The van der Waals surface area contributed by atoms with E-state index in [2.05, 4.69) is 21.0 Å². The van der Waals surface area contributed by atoms with Gasteiger partial charge in [0.2, 0.25) is 5.91 Å². The van der Waals surface area contributed by atoms with E-state index in [4.69, 9.17) is 0 Å². The van der Waals surface area contributed by atoms with Crippen LogP contribution in [0.5, 0.6) is 0 Å². The number of carbonyl (C=O) groups excluding carboxylic acids is 1. The number of nitrogens with zero attached hydrogens (tertiary/aromatic N) is 5. The Labute approximate surface area is 124 Å². The van der Waals surface area contributed by atoms with Crippen LogP contribution in [0.25, 0.3) is 5.52 Å². The summed E-state index contributed by atoms with van der Waals surface area (Å²) in [6, 6.07) is 2.05. The monoisotopic (exact) mass is 287 g/mol. The molecule has 6 nitrogen and oxygen atoms in total. The van der Waals surface area contributed by atoms with Gasteiger partial charge in [-0.05, 0) is 25.8 Å². The van der Waals surface area contributed by atoms with Crippen LogP contribution in [-0.4, -0.2) is 52.6 Å². The average molecular weight is 287 g/mol. The highest BCUT2D eigenvalue weighted by Crippen LogP contribution is 2.26. The van der Waals surface area contributed by atoms with Crippen LogP contribution in [0.3, 0.4) is 0 Å². The van der Waals surface area contributed by atoms with E-state index in [1.54, 1.807) is 11.1 Å². The van der Waals surface area contributed by atoms with Gasteiger partial charge in [0.15, 0.2) is 5.82 Å². The molecule has 1 aliphatic rings. The van der Waals surface area contributed by atoms with Crippen molar-refractivity contribution in [3.63, 3.8) is 0 Å². The maximum Gasteiger partial charge on any atom is 0.225 e. The number of carbonyl (C=O) groups is 1. The van der Waals surface area contributed by atoms with Crippen LogP contribution in [-0.2, 0) is 4.79 Å². The van der Waals surface area contributed by atoms with Gasteiger partial charge < -0.3 is 9.80 Å². The van der Waals surface area contributed by atoms with Crippen LogP contribution in [0.4, 0.5) is 5.82 Å². The second-order valence-corrected chi connectivity index (χ2v) is 5.86. The lowest BCUT2D eigenvalue weighted by atomic mass is 9.95. The SMILES string of the molecule is Cc1cc2c(N3CCC(C(=O)N(C)C)CC3)nccn2n1. The van der Waals surface area contributed by atoms with Crippen molar-refractivity contribution in [2.45, 2.75) is 19.8 Å². The molecule has 0 aliphatic carbocycles. The third-order valence-corrected chi connectivity index (χ3v) is 4.08. The Morgan fingerprint density at radius 3 is 2.71 bits per heavy atom. The van der Waals surface area contributed by atoms with Crippen LogP contribution < -0.4 is 4.90 Å². The number of anilines is 1. The van der Waals surface area contributed by atoms with E-state index in [0.29, 0.717) is 0 Å². The number of rotatable bonds is 2. The van der Waals surface area contributed by atoms with Crippen molar-refractivity contribution in [1.82, 2.24) is 19.5 Å². The molecule has 1 fully saturated rings. The molecule has 3 heterocycles. The lowest BCUT2D eigenvalue weighted by Crippen LogP contribution is -2.40. The van der Waals surface area contributed by atoms with E-state index in [1.807, 2.05) is 31.7 Å². The van der Waals surface area contributed by atoms with Crippen molar-refractivity contribution < 1.29 is 4.79 Å². The largest absolute Gasteiger partial charge is 0.355 e. The molecule has 0 bridgehead atoms. The maximum absolute atomic E-state index is 12.0. The van der Waals surface area contributed by atoms with E-state index < -0.39 is 0 Å².